The van der Waals surface area contributed by atoms with Crippen molar-refractivity contribution in [1.29, 1.82) is 0 Å². The van der Waals surface area contributed by atoms with Gasteiger partial charge < -0.3 is 4.74 Å². The Morgan fingerprint density at radius 3 is 3.00 bits per heavy atom. The molecule has 17 heavy (non-hydrogen) atoms. The van der Waals surface area contributed by atoms with Crippen LogP contribution in [0.4, 0.5) is 0 Å². The SMILES string of the molecule is CCCn1nnnc1CSC(C)CC(=O)OC. The third-order valence-corrected chi connectivity index (χ3v) is 3.38. The first kappa shape index (κ1) is 14.0. The zero-order valence-corrected chi connectivity index (χ0v) is 11.2. The van der Waals surface area contributed by atoms with Gasteiger partial charge in [0.05, 0.1) is 19.3 Å². The van der Waals surface area contributed by atoms with Crippen molar-refractivity contribution in [1.82, 2.24) is 20.2 Å². The van der Waals surface area contributed by atoms with Crippen molar-refractivity contribution in [3.63, 3.8) is 0 Å². The van der Waals surface area contributed by atoms with E-state index < -0.39 is 0 Å². The van der Waals surface area contributed by atoms with E-state index in [1.165, 1.54) is 7.11 Å². The van der Waals surface area contributed by atoms with Gasteiger partial charge in [-0.25, -0.2) is 4.68 Å². The Morgan fingerprint density at radius 2 is 2.35 bits per heavy atom. The Labute approximate surface area is 105 Å². The third-order valence-electron chi connectivity index (χ3n) is 2.22. The van der Waals surface area contributed by atoms with Crippen molar-refractivity contribution in [2.45, 2.75) is 44.2 Å². The molecule has 0 aliphatic heterocycles. The number of carbonyl (C=O) groups excluding carboxylic acids is 1. The average Bonchev–Trinajstić information content (AvgIpc) is 2.74. The zero-order chi connectivity index (χ0) is 12.7. The summed E-state index contributed by atoms with van der Waals surface area (Å²) in [5.74, 6) is 1.39. The second-order valence-electron chi connectivity index (χ2n) is 3.72. The predicted molar refractivity (Wildman–Crippen MR) is 65.5 cm³/mol. The van der Waals surface area contributed by atoms with E-state index in [9.17, 15) is 4.79 Å². The van der Waals surface area contributed by atoms with Crippen molar-refractivity contribution in [2.24, 2.45) is 0 Å². The fourth-order valence-corrected chi connectivity index (χ4v) is 2.20. The van der Waals surface area contributed by atoms with Crippen LogP contribution in [-0.4, -0.2) is 38.5 Å². The summed E-state index contributed by atoms with van der Waals surface area (Å²) in [7, 11) is 1.40. The number of esters is 1. The van der Waals surface area contributed by atoms with E-state index in [1.807, 2.05) is 6.92 Å². The first-order chi connectivity index (χ1) is 8.17. The first-order valence-corrected chi connectivity index (χ1v) is 6.65. The molecule has 0 aliphatic rings. The van der Waals surface area contributed by atoms with Gasteiger partial charge in [0, 0.05) is 11.8 Å². The maximum Gasteiger partial charge on any atom is 0.306 e. The number of thioether (sulfide) groups is 1. The monoisotopic (exact) mass is 258 g/mol. The largest absolute Gasteiger partial charge is 0.469 e. The van der Waals surface area contributed by atoms with Gasteiger partial charge in [-0.2, -0.15) is 11.8 Å². The van der Waals surface area contributed by atoms with E-state index in [1.54, 1.807) is 16.4 Å². The van der Waals surface area contributed by atoms with Crippen LogP contribution in [0, 0.1) is 0 Å². The van der Waals surface area contributed by atoms with Gasteiger partial charge in [-0.15, -0.1) is 5.10 Å². The number of hydrogen-bond acceptors (Lipinski definition) is 6. The molecule has 1 rings (SSSR count). The molecule has 0 saturated heterocycles. The van der Waals surface area contributed by atoms with Crippen LogP contribution in [0.15, 0.2) is 0 Å². The lowest BCUT2D eigenvalue weighted by molar-refractivity contribution is -0.140. The van der Waals surface area contributed by atoms with E-state index in [4.69, 9.17) is 0 Å². The topological polar surface area (TPSA) is 69.9 Å². The highest BCUT2D eigenvalue weighted by atomic mass is 32.2. The van der Waals surface area contributed by atoms with Crippen molar-refractivity contribution in [3.05, 3.63) is 5.82 Å². The summed E-state index contributed by atoms with van der Waals surface area (Å²) in [4.78, 5) is 11.1. The van der Waals surface area contributed by atoms with Crippen LogP contribution >= 0.6 is 11.8 Å². The maximum atomic E-state index is 11.1. The minimum atomic E-state index is -0.182. The predicted octanol–water partition coefficient (Wildman–Crippen LogP) is 1.27. The summed E-state index contributed by atoms with van der Waals surface area (Å²) in [6.07, 6.45) is 1.41. The summed E-state index contributed by atoms with van der Waals surface area (Å²) in [5, 5.41) is 11.7. The van der Waals surface area contributed by atoms with Gasteiger partial charge in [0.2, 0.25) is 0 Å². The number of aromatic nitrogens is 4. The molecule has 0 saturated carbocycles. The summed E-state index contributed by atoms with van der Waals surface area (Å²) >= 11 is 1.65. The standard InChI is InChI=1S/C10H18N4O2S/c1-4-5-14-9(11-12-13-14)7-17-8(2)6-10(15)16-3/h8H,4-7H2,1-3H3. The minimum absolute atomic E-state index is 0.182. The highest BCUT2D eigenvalue weighted by Crippen LogP contribution is 2.18. The number of nitrogens with zero attached hydrogens (tertiary/aromatic N) is 4. The molecule has 6 nitrogen and oxygen atoms in total. The van der Waals surface area contributed by atoms with Crippen LogP contribution in [0.25, 0.3) is 0 Å². The Balaban J connectivity index is 2.38. The Kier molecular flexibility index (Phi) is 5.96. The second kappa shape index (κ2) is 7.26. The smallest absolute Gasteiger partial charge is 0.306 e. The Hall–Kier alpha value is -1.11. The molecule has 1 heterocycles. The average molecular weight is 258 g/mol. The molecule has 0 aliphatic carbocycles. The van der Waals surface area contributed by atoms with Gasteiger partial charge >= 0.3 is 5.97 Å². The van der Waals surface area contributed by atoms with Crippen molar-refractivity contribution < 1.29 is 9.53 Å². The van der Waals surface area contributed by atoms with Crippen LogP contribution < -0.4 is 0 Å². The van der Waals surface area contributed by atoms with Crippen LogP contribution in [-0.2, 0) is 21.8 Å². The van der Waals surface area contributed by atoms with Gasteiger partial charge in [-0.3, -0.25) is 4.79 Å². The van der Waals surface area contributed by atoms with Crippen LogP contribution in [0.5, 0.6) is 0 Å². The van der Waals surface area contributed by atoms with E-state index in [0.717, 1.165) is 18.8 Å². The molecule has 7 heteroatoms. The maximum absolute atomic E-state index is 11.1. The van der Waals surface area contributed by atoms with Crippen LogP contribution in [0.2, 0.25) is 0 Å². The van der Waals surface area contributed by atoms with Gasteiger partial charge in [-0.1, -0.05) is 13.8 Å². The molecule has 96 valence electrons. The van der Waals surface area contributed by atoms with Gasteiger partial charge in [0.1, 0.15) is 0 Å². The highest BCUT2D eigenvalue weighted by Gasteiger charge is 2.12. The lowest BCUT2D eigenvalue weighted by Crippen LogP contribution is -2.10. The Morgan fingerprint density at radius 1 is 1.59 bits per heavy atom. The van der Waals surface area contributed by atoms with Gasteiger partial charge in [0.15, 0.2) is 5.82 Å². The fourth-order valence-electron chi connectivity index (χ4n) is 1.31. The zero-order valence-electron chi connectivity index (χ0n) is 10.4. The number of tetrazole rings is 1. The number of hydrogen-bond donors (Lipinski definition) is 0. The molecule has 1 unspecified atom stereocenters. The van der Waals surface area contributed by atoms with E-state index in [-0.39, 0.29) is 11.2 Å². The lowest BCUT2D eigenvalue weighted by atomic mass is 10.3. The number of rotatable bonds is 7. The van der Waals surface area contributed by atoms with Crippen molar-refractivity contribution >= 4 is 17.7 Å². The summed E-state index contributed by atoms with van der Waals surface area (Å²) < 4.78 is 6.43. The first-order valence-electron chi connectivity index (χ1n) is 5.60. The molecule has 1 aromatic rings. The molecular weight excluding hydrogens is 240 g/mol. The third kappa shape index (κ3) is 4.72. The number of methoxy groups -OCH3 is 1. The molecular formula is C10H18N4O2S. The van der Waals surface area contributed by atoms with Crippen LogP contribution in [0.3, 0.4) is 0 Å². The minimum Gasteiger partial charge on any atom is -0.469 e. The number of carbonyl (C=O) groups is 1. The summed E-state index contributed by atoms with van der Waals surface area (Å²) in [6.45, 7) is 4.91. The molecule has 0 aromatic carbocycles. The molecule has 0 bridgehead atoms. The highest BCUT2D eigenvalue weighted by molar-refractivity contribution is 7.99. The number of ether oxygens (including phenoxy) is 1. The molecule has 0 amide bonds. The quantitative estimate of drug-likeness (QED) is 0.686. The number of aryl methyl sites for hydroxylation is 1. The van der Waals surface area contributed by atoms with E-state index in [0.29, 0.717) is 12.2 Å². The normalized spacial score (nSPS) is 12.4. The molecule has 1 aromatic heterocycles. The molecule has 0 fully saturated rings. The molecule has 0 spiro atoms. The molecule has 1 atom stereocenters. The molecule has 0 N–H and O–H groups in total. The Bertz CT molecular complexity index is 356. The fraction of sp³-hybridized carbons (Fsp3) is 0.800. The second-order valence-corrected chi connectivity index (χ2v) is 5.15. The van der Waals surface area contributed by atoms with Crippen LogP contribution in [0.1, 0.15) is 32.5 Å². The van der Waals surface area contributed by atoms with Crippen molar-refractivity contribution in [3.8, 4) is 0 Å². The summed E-state index contributed by atoms with van der Waals surface area (Å²) in [5.41, 5.74) is 0. The summed E-state index contributed by atoms with van der Waals surface area (Å²) in [6, 6.07) is 0. The van der Waals surface area contributed by atoms with E-state index >= 15 is 0 Å². The van der Waals surface area contributed by atoms with Crippen molar-refractivity contribution in [2.75, 3.05) is 7.11 Å². The van der Waals surface area contributed by atoms with Gasteiger partial charge in [-0.05, 0) is 16.8 Å². The lowest BCUT2D eigenvalue weighted by Gasteiger charge is -2.09. The van der Waals surface area contributed by atoms with E-state index in [2.05, 4.69) is 27.2 Å². The molecule has 0 radical (unpaired) electrons. The van der Waals surface area contributed by atoms with Gasteiger partial charge in [0.25, 0.3) is 0 Å².